The van der Waals surface area contributed by atoms with Crippen molar-refractivity contribution in [3.63, 3.8) is 0 Å². The minimum Gasteiger partial charge on any atom is -0.374 e. The second-order valence-electron chi connectivity index (χ2n) is 10.1. The van der Waals surface area contributed by atoms with Crippen LogP contribution in [0.15, 0.2) is 77.4 Å². The Morgan fingerprint density at radius 3 is 2.40 bits per heavy atom. The summed E-state index contributed by atoms with van der Waals surface area (Å²) < 4.78 is 42.4. The van der Waals surface area contributed by atoms with Gasteiger partial charge in [-0.25, -0.2) is 4.78 Å². The van der Waals surface area contributed by atoms with Crippen LogP contribution < -0.4 is 15.3 Å². The molecule has 2 N–H and O–H groups in total. The van der Waals surface area contributed by atoms with E-state index in [1.807, 2.05) is 35.1 Å². The molecule has 5 rings (SSSR count). The summed E-state index contributed by atoms with van der Waals surface area (Å²) in [6.07, 6.45) is -0.655. The summed E-state index contributed by atoms with van der Waals surface area (Å²) in [6, 6.07) is 15.1. The quantitative estimate of drug-likeness (QED) is 0.410. The van der Waals surface area contributed by atoms with Crippen molar-refractivity contribution in [2.75, 3.05) is 23.0 Å². The Kier molecular flexibility index (Phi) is 6.17. The Balaban J connectivity index is 1.67. The van der Waals surface area contributed by atoms with Crippen molar-refractivity contribution in [1.29, 1.82) is 0 Å². The molecule has 0 aromatic heterocycles. The Hall–Kier alpha value is -2.44. The lowest BCUT2D eigenvalue weighted by Gasteiger charge is -2.39. The molecule has 9 heteroatoms. The molecular formula is C26H30F3N4PS. The second kappa shape index (κ2) is 8.90. The molecule has 35 heavy (non-hydrogen) atoms. The topological polar surface area (TPSA) is 30.5 Å². The first-order chi connectivity index (χ1) is 16.6. The average molecular weight is 519 g/mol. The van der Waals surface area contributed by atoms with E-state index in [1.165, 1.54) is 18.2 Å². The lowest BCUT2D eigenvalue weighted by atomic mass is 9.82. The fourth-order valence-corrected chi connectivity index (χ4v) is 9.11. The molecule has 4 nitrogen and oxygen atoms in total. The van der Waals surface area contributed by atoms with Crippen molar-refractivity contribution < 1.29 is 13.2 Å². The number of nitrogens with one attached hydrogen (secondary N) is 2. The predicted octanol–water partition coefficient (Wildman–Crippen LogP) is 7.46. The molecule has 2 aliphatic heterocycles. The van der Waals surface area contributed by atoms with Gasteiger partial charge in [0.1, 0.15) is 0 Å². The van der Waals surface area contributed by atoms with Crippen LogP contribution in [0.5, 0.6) is 0 Å². The summed E-state index contributed by atoms with van der Waals surface area (Å²) in [5.74, 6) is 0. The molecule has 0 spiro atoms. The van der Waals surface area contributed by atoms with E-state index in [0.29, 0.717) is 5.69 Å². The van der Waals surface area contributed by atoms with E-state index in [-0.39, 0.29) is 5.41 Å². The number of nitrogens with zero attached hydrogens (tertiary/aromatic N) is 2. The molecule has 1 aliphatic carbocycles. The highest BCUT2D eigenvalue weighted by Gasteiger charge is 2.46. The molecule has 1 atom stereocenters. The van der Waals surface area contributed by atoms with Gasteiger partial charge in [0.15, 0.2) is 6.34 Å². The number of fused-ring (bicyclic) bond motifs is 1. The SMILES string of the molecule is CC1(C)C=C2NN(c3ccccc3)[P@](=S)(Nc3cccc(C(F)(F)F)c3)C2=C(N2CCCCC2)C1. The number of piperidine rings is 1. The molecule has 2 saturated heterocycles. The summed E-state index contributed by atoms with van der Waals surface area (Å²) in [7, 11) is 0. The van der Waals surface area contributed by atoms with Crippen molar-refractivity contribution in [1.82, 2.24) is 10.3 Å². The Labute approximate surface area is 210 Å². The zero-order chi connectivity index (χ0) is 24.8. The van der Waals surface area contributed by atoms with Gasteiger partial charge in [0.2, 0.25) is 0 Å². The summed E-state index contributed by atoms with van der Waals surface area (Å²) >= 11 is 6.47. The molecule has 3 aliphatic rings. The van der Waals surface area contributed by atoms with Gasteiger partial charge in [-0.1, -0.05) is 44.2 Å². The molecule has 0 amide bonds. The van der Waals surface area contributed by atoms with Crippen LogP contribution in [0, 0.1) is 5.41 Å². The predicted molar refractivity (Wildman–Crippen MR) is 140 cm³/mol. The summed E-state index contributed by atoms with van der Waals surface area (Å²) in [5.41, 5.74) is 6.26. The minimum atomic E-state index is -4.42. The number of hydrogen-bond acceptors (Lipinski definition) is 3. The van der Waals surface area contributed by atoms with Crippen molar-refractivity contribution in [2.24, 2.45) is 5.41 Å². The van der Waals surface area contributed by atoms with Crippen LogP contribution in [0.2, 0.25) is 0 Å². The average Bonchev–Trinajstić information content (AvgIpc) is 3.10. The lowest BCUT2D eigenvalue weighted by Crippen LogP contribution is -2.34. The summed E-state index contributed by atoms with van der Waals surface area (Å²) in [5, 5.41) is 4.47. The first-order valence-electron chi connectivity index (χ1n) is 12.0. The van der Waals surface area contributed by atoms with Gasteiger partial charge >= 0.3 is 6.18 Å². The van der Waals surface area contributed by atoms with E-state index in [4.69, 9.17) is 11.8 Å². The number of allylic oxidation sites excluding steroid dienone is 3. The van der Waals surface area contributed by atoms with E-state index in [2.05, 4.69) is 35.3 Å². The standard InChI is InChI=1S/C26H30F3N4PS/c1-25(2)17-22-24(23(18-25)32-14-7-4-8-15-32)34(35,33(30-22)21-12-5-3-6-13-21)31-20-11-9-10-19(16-20)26(27,28)29/h3,5-6,9-13,16-17,30H,4,7-8,14-15,18H2,1-2H3,(H,31,35)/t34-/m1/s1. The summed E-state index contributed by atoms with van der Waals surface area (Å²) in [4.78, 5) is 2.46. The molecule has 0 unspecified atom stereocenters. The van der Waals surface area contributed by atoms with Gasteiger partial charge in [0.25, 0.3) is 0 Å². The van der Waals surface area contributed by atoms with Crippen LogP contribution in [0.3, 0.4) is 0 Å². The van der Waals surface area contributed by atoms with Gasteiger partial charge < -0.3 is 9.99 Å². The van der Waals surface area contributed by atoms with Crippen molar-refractivity contribution in [3.8, 4) is 0 Å². The Morgan fingerprint density at radius 1 is 1.00 bits per heavy atom. The second-order valence-corrected chi connectivity index (χ2v) is 13.9. The van der Waals surface area contributed by atoms with Crippen LogP contribution in [0.1, 0.15) is 45.1 Å². The maximum atomic E-state index is 13.5. The molecule has 2 aromatic rings. The van der Waals surface area contributed by atoms with Crippen LogP contribution >= 0.6 is 6.34 Å². The van der Waals surface area contributed by atoms with Crippen LogP contribution in [0.25, 0.3) is 0 Å². The third-order valence-corrected chi connectivity index (χ3v) is 10.6. The van der Waals surface area contributed by atoms with Crippen LogP contribution in [-0.2, 0) is 18.0 Å². The van der Waals surface area contributed by atoms with Gasteiger partial charge in [-0.15, -0.1) is 0 Å². The largest absolute Gasteiger partial charge is 0.416 e. The van der Waals surface area contributed by atoms with E-state index >= 15 is 0 Å². The maximum absolute atomic E-state index is 13.5. The number of benzene rings is 2. The number of anilines is 2. The molecule has 0 radical (unpaired) electrons. The van der Waals surface area contributed by atoms with E-state index in [1.54, 1.807) is 6.07 Å². The van der Waals surface area contributed by atoms with Gasteiger partial charge in [0, 0.05) is 24.5 Å². The van der Waals surface area contributed by atoms with Crippen molar-refractivity contribution in [2.45, 2.75) is 45.7 Å². The molecular weight excluding hydrogens is 488 g/mol. The maximum Gasteiger partial charge on any atom is 0.416 e. The van der Waals surface area contributed by atoms with Gasteiger partial charge in [0.05, 0.1) is 22.3 Å². The number of hydrazine groups is 1. The number of likely N-dealkylation sites (tertiary alicyclic amines) is 1. The lowest BCUT2D eigenvalue weighted by molar-refractivity contribution is -0.137. The number of para-hydroxylation sites is 1. The summed E-state index contributed by atoms with van der Waals surface area (Å²) in [6.45, 7) is 6.40. The smallest absolute Gasteiger partial charge is 0.374 e. The highest BCUT2D eigenvalue weighted by atomic mass is 32.4. The van der Waals surface area contributed by atoms with E-state index < -0.39 is 18.1 Å². The highest BCUT2D eigenvalue weighted by molar-refractivity contribution is 8.18. The monoisotopic (exact) mass is 518 g/mol. The number of halogens is 3. The van der Waals surface area contributed by atoms with Crippen LogP contribution in [0.4, 0.5) is 24.5 Å². The molecule has 0 bridgehead atoms. The van der Waals surface area contributed by atoms with Crippen LogP contribution in [-0.4, -0.2) is 18.0 Å². The minimum absolute atomic E-state index is 0.0678. The van der Waals surface area contributed by atoms with Crippen molar-refractivity contribution >= 4 is 29.5 Å². The molecule has 186 valence electrons. The fourth-order valence-electron chi connectivity index (χ4n) is 5.16. The van der Waals surface area contributed by atoms with E-state index in [0.717, 1.165) is 61.2 Å². The first kappa shape index (κ1) is 24.3. The Morgan fingerprint density at radius 2 is 1.71 bits per heavy atom. The molecule has 2 fully saturated rings. The fraction of sp³-hybridized carbons (Fsp3) is 0.385. The Bertz CT molecular complexity index is 1220. The molecule has 2 aromatic carbocycles. The first-order valence-corrected chi connectivity index (χ1v) is 14.7. The third kappa shape index (κ3) is 4.70. The normalized spacial score (nSPS) is 24.1. The third-order valence-electron chi connectivity index (χ3n) is 6.71. The van der Waals surface area contributed by atoms with Gasteiger partial charge in [-0.3, -0.25) is 5.43 Å². The van der Waals surface area contributed by atoms with E-state index in [9.17, 15) is 13.2 Å². The molecule has 0 saturated carbocycles. The van der Waals surface area contributed by atoms with Crippen molar-refractivity contribution in [3.05, 3.63) is 82.9 Å². The number of rotatable bonds is 4. The van der Waals surface area contributed by atoms with Gasteiger partial charge in [-0.05, 0) is 73.2 Å². The van der Waals surface area contributed by atoms with Gasteiger partial charge in [-0.2, -0.15) is 13.2 Å². The number of hydrogen-bond donors (Lipinski definition) is 2. The zero-order valence-corrected chi connectivity index (χ0v) is 21.6. The number of alkyl halides is 3. The highest BCUT2D eigenvalue weighted by Crippen LogP contribution is 2.67. The zero-order valence-electron chi connectivity index (χ0n) is 19.9. The molecule has 2 heterocycles.